The van der Waals surface area contributed by atoms with E-state index in [1.165, 1.54) is 7.05 Å². The second-order valence-electron chi connectivity index (χ2n) is 4.13. The van der Waals surface area contributed by atoms with E-state index in [9.17, 15) is 22.0 Å². The minimum absolute atomic E-state index is 0.0601. The largest absolute Gasteiger partial charge is 0.340 e. The van der Waals surface area contributed by atoms with E-state index in [0.29, 0.717) is 6.54 Å². The van der Waals surface area contributed by atoms with Gasteiger partial charge in [0.15, 0.2) is 9.84 Å². The summed E-state index contributed by atoms with van der Waals surface area (Å²) >= 11 is 0. The maximum atomic E-state index is 12.0. The standard InChI is InChI=1S/C9H16F2N2O3S/c1-13(5-8(10)11)9(14)4-7-6-17(15,16)3-2-12-7/h7-8,12H,2-6H2,1H3. The summed E-state index contributed by atoms with van der Waals surface area (Å²) in [5.74, 6) is -0.522. The fourth-order valence-corrected chi connectivity index (χ4v) is 3.12. The SMILES string of the molecule is CN(CC(F)F)C(=O)CC1CS(=O)(=O)CCN1. The average molecular weight is 270 g/mol. The van der Waals surface area contributed by atoms with Gasteiger partial charge in [-0.25, -0.2) is 17.2 Å². The van der Waals surface area contributed by atoms with Crippen molar-refractivity contribution in [1.29, 1.82) is 0 Å². The van der Waals surface area contributed by atoms with Gasteiger partial charge in [-0.1, -0.05) is 0 Å². The summed E-state index contributed by atoms with van der Waals surface area (Å²) in [5.41, 5.74) is 0. The highest BCUT2D eigenvalue weighted by Crippen LogP contribution is 2.07. The lowest BCUT2D eigenvalue weighted by molar-refractivity contribution is -0.132. The van der Waals surface area contributed by atoms with Gasteiger partial charge >= 0.3 is 0 Å². The second kappa shape index (κ2) is 5.72. The van der Waals surface area contributed by atoms with Crippen LogP contribution in [-0.2, 0) is 14.6 Å². The Kier molecular flexibility index (Phi) is 4.81. The van der Waals surface area contributed by atoms with Crippen molar-refractivity contribution >= 4 is 15.7 Å². The highest BCUT2D eigenvalue weighted by Gasteiger charge is 2.27. The van der Waals surface area contributed by atoms with E-state index in [-0.39, 0.29) is 17.9 Å². The van der Waals surface area contributed by atoms with Crippen LogP contribution in [0.15, 0.2) is 0 Å². The number of alkyl halides is 2. The Morgan fingerprint density at radius 3 is 2.71 bits per heavy atom. The molecule has 1 aliphatic heterocycles. The van der Waals surface area contributed by atoms with Crippen LogP contribution in [0.2, 0.25) is 0 Å². The Balaban J connectivity index is 2.46. The van der Waals surface area contributed by atoms with E-state index in [1.54, 1.807) is 0 Å². The molecule has 1 fully saturated rings. The number of carbonyl (C=O) groups excluding carboxylic acids is 1. The van der Waals surface area contributed by atoms with Crippen molar-refractivity contribution in [3.8, 4) is 0 Å². The average Bonchev–Trinajstić information content (AvgIpc) is 2.14. The molecule has 0 aromatic carbocycles. The zero-order chi connectivity index (χ0) is 13.1. The Morgan fingerprint density at radius 2 is 2.18 bits per heavy atom. The third-order valence-corrected chi connectivity index (χ3v) is 4.30. The lowest BCUT2D eigenvalue weighted by Crippen LogP contribution is -2.47. The van der Waals surface area contributed by atoms with E-state index in [1.807, 2.05) is 0 Å². The third-order valence-electron chi connectivity index (χ3n) is 2.56. The van der Waals surface area contributed by atoms with Crippen LogP contribution in [0, 0.1) is 0 Å². The van der Waals surface area contributed by atoms with Crippen molar-refractivity contribution in [2.24, 2.45) is 0 Å². The maximum absolute atomic E-state index is 12.0. The number of hydrogen-bond donors (Lipinski definition) is 1. The molecular formula is C9H16F2N2O3S. The van der Waals surface area contributed by atoms with Gasteiger partial charge in [0.1, 0.15) is 0 Å². The monoisotopic (exact) mass is 270 g/mol. The molecule has 5 nitrogen and oxygen atoms in total. The predicted molar refractivity (Wildman–Crippen MR) is 58.7 cm³/mol. The van der Waals surface area contributed by atoms with Crippen LogP contribution in [-0.4, -0.2) is 63.3 Å². The van der Waals surface area contributed by atoms with Gasteiger partial charge in [-0.3, -0.25) is 4.79 Å². The molecular weight excluding hydrogens is 254 g/mol. The number of rotatable bonds is 4. The first-order chi connectivity index (χ1) is 7.80. The quantitative estimate of drug-likeness (QED) is 0.747. The van der Waals surface area contributed by atoms with Crippen LogP contribution in [0.1, 0.15) is 6.42 Å². The molecule has 100 valence electrons. The summed E-state index contributed by atoms with van der Waals surface area (Å²) in [4.78, 5) is 12.4. The highest BCUT2D eigenvalue weighted by molar-refractivity contribution is 7.91. The molecule has 17 heavy (non-hydrogen) atoms. The van der Waals surface area contributed by atoms with Crippen LogP contribution in [0.5, 0.6) is 0 Å². The molecule has 1 saturated heterocycles. The number of hydrogen-bond acceptors (Lipinski definition) is 4. The molecule has 1 rings (SSSR count). The van der Waals surface area contributed by atoms with E-state index < -0.39 is 34.8 Å². The van der Waals surface area contributed by atoms with Crippen molar-refractivity contribution in [3.63, 3.8) is 0 Å². The molecule has 0 bridgehead atoms. The second-order valence-corrected chi connectivity index (χ2v) is 6.36. The topological polar surface area (TPSA) is 66.5 Å². The van der Waals surface area contributed by atoms with Gasteiger partial charge in [0.25, 0.3) is 6.43 Å². The lowest BCUT2D eigenvalue weighted by Gasteiger charge is -2.25. The van der Waals surface area contributed by atoms with E-state index >= 15 is 0 Å². The van der Waals surface area contributed by atoms with Gasteiger partial charge in [-0.2, -0.15) is 0 Å². The first-order valence-corrected chi connectivity index (χ1v) is 7.08. The Hall–Kier alpha value is -0.760. The molecule has 0 aromatic rings. The van der Waals surface area contributed by atoms with Gasteiger partial charge < -0.3 is 10.2 Å². The zero-order valence-electron chi connectivity index (χ0n) is 9.53. The molecule has 0 saturated carbocycles. The molecule has 1 N–H and O–H groups in total. The van der Waals surface area contributed by atoms with E-state index in [2.05, 4.69) is 5.32 Å². The van der Waals surface area contributed by atoms with Gasteiger partial charge in [0.05, 0.1) is 18.1 Å². The first kappa shape index (κ1) is 14.3. The smallest absolute Gasteiger partial charge is 0.255 e. The van der Waals surface area contributed by atoms with Crippen molar-refractivity contribution in [1.82, 2.24) is 10.2 Å². The maximum Gasteiger partial charge on any atom is 0.255 e. The molecule has 0 radical (unpaired) electrons. The van der Waals surface area contributed by atoms with Crippen molar-refractivity contribution in [3.05, 3.63) is 0 Å². The molecule has 1 aliphatic rings. The molecule has 1 unspecified atom stereocenters. The Labute approximate surface area is 99.1 Å². The minimum Gasteiger partial charge on any atom is -0.340 e. The predicted octanol–water partition coefficient (Wildman–Crippen LogP) is -0.513. The number of nitrogens with one attached hydrogen (secondary N) is 1. The molecule has 1 heterocycles. The summed E-state index contributed by atoms with van der Waals surface area (Å²) in [7, 11) is -1.82. The summed E-state index contributed by atoms with van der Waals surface area (Å²) in [6.07, 6.45) is -2.64. The third kappa shape index (κ3) is 4.95. The number of carbonyl (C=O) groups is 1. The van der Waals surface area contributed by atoms with Crippen LogP contribution in [0.25, 0.3) is 0 Å². The fraction of sp³-hybridized carbons (Fsp3) is 0.889. The van der Waals surface area contributed by atoms with Crippen LogP contribution in [0.3, 0.4) is 0 Å². The number of sulfone groups is 1. The minimum atomic E-state index is -3.11. The van der Waals surface area contributed by atoms with Gasteiger partial charge in [-0.05, 0) is 0 Å². The molecule has 0 aliphatic carbocycles. The van der Waals surface area contributed by atoms with Crippen LogP contribution in [0.4, 0.5) is 8.78 Å². The summed E-state index contributed by atoms with van der Waals surface area (Å²) in [6, 6.07) is -0.471. The molecule has 1 atom stereocenters. The zero-order valence-corrected chi connectivity index (χ0v) is 10.3. The van der Waals surface area contributed by atoms with E-state index in [0.717, 1.165) is 4.90 Å². The lowest BCUT2D eigenvalue weighted by atomic mass is 10.2. The highest BCUT2D eigenvalue weighted by atomic mass is 32.2. The Morgan fingerprint density at radius 1 is 1.53 bits per heavy atom. The van der Waals surface area contributed by atoms with Gasteiger partial charge in [-0.15, -0.1) is 0 Å². The van der Waals surface area contributed by atoms with Gasteiger partial charge in [0, 0.05) is 26.1 Å². The summed E-state index contributed by atoms with van der Waals surface area (Å²) < 4.78 is 46.7. The summed E-state index contributed by atoms with van der Waals surface area (Å²) in [5, 5.41) is 2.90. The molecule has 0 aromatic heterocycles. The molecule has 1 amide bonds. The normalized spacial score (nSPS) is 23.6. The fourth-order valence-electron chi connectivity index (χ4n) is 1.67. The number of halogens is 2. The first-order valence-electron chi connectivity index (χ1n) is 5.26. The Bertz CT molecular complexity index is 372. The van der Waals surface area contributed by atoms with Crippen molar-refractivity contribution in [2.45, 2.75) is 18.9 Å². The molecule has 0 spiro atoms. The number of nitrogens with zero attached hydrogens (tertiary/aromatic N) is 1. The van der Waals surface area contributed by atoms with Gasteiger partial charge in [0.2, 0.25) is 5.91 Å². The van der Waals surface area contributed by atoms with E-state index in [4.69, 9.17) is 0 Å². The van der Waals surface area contributed by atoms with Crippen molar-refractivity contribution < 1.29 is 22.0 Å². The number of amides is 1. The van der Waals surface area contributed by atoms with Crippen LogP contribution < -0.4 is 5.32 Å². The van der Waals surface area contributed by atoms with Crippen LogP contribution >= 0.6 is 0 Å². The molecule has 8 heteroatoms. The van der Waals surface area contributed by atoms with Crippen molar-refractivity contribution in [2.75, 3.05) is 31.6 Å². The summed E-state index contributed by atoms with van der Waals surface area (Å²) in [6.45, 7) is -0.322.